The molecule has 0 saturated heterocycles. The molecule has 2 unspecified atom stereocenters. The molecule has 0 radical (unpaired) electrons. The minimum Gasteiger partial charge on any atom is -0.316 e. The highest BCUT2D eigenvalue weighted by atomic mass is 15.0. The minimum atomic E-state index is 0.113. The van der Waals surface area contributed by atoms with Crippen LogP contribution in [-0.4, -0.2) is 25.4 Å². The predicted molar refractivity (Wildman–Crippen MR) is 57.2 cm³/mol. The van der Waals surface area contributed by atoms with Crippen LogP contribution in [0.25, 0.3) is 0 Å². The van der Waals surface area contributed by atoms with Crippen LogP contribution in [0.15, 0.2) is 0 Å². The van der Waals surface area contributed by atoms with Gasteiger partial charge in [0.25, 0.3) is 0 Å². The predicted octanol–water partition coefficient (Wildman–Crippen LogP) is -0.0547. The van der Waals surface area contributed by atoms with Gasteiger partial charge in [0.2, 0.25) is 0 Å². The fourth-order valence-electron chi connectivity index (χ4n) is 1.09. The van der Waals surface area contributed by atoms with Gasteiger partial charge in [0.05, 0.1) is 12.3 Å². The first-order chi connectivity index (χ1) is 6.13. The van der Waals surface area contributed by atoms with Gasteiger partial charge in [-0.25, -0.2) is 0 Å². The minimum absolute atomic E-state index is 0.113. The van der Waals surface area contributed by atoms with Crippen molar-refractivity contribution < 1.29 is 0 Å². The van der Waals surface area contributed by atoms with Crippen LogP contribution in [0.1, 0.15) is 33.1 Å². The Morgan fingerprint density at radius 1 is 0.846 bits per heavy atom. The zero-order valence-electron chi connectivity index (χ0n) is 8.84. The first-order valence-corrected chi connectivity index (χ1v) is 5.11. The third kappa shape index (κ3) is 11.8. The molecule has 0 aliphatic heterocycles. The van der Waals surface area contributed by atoms with E-state index in [1.807, 2.05) is 13.8 Å². The normalized spacial score (nSPS) is 15.7. The summed E-state index contributed by atoms with van der Waals surface area (Å²) in [6, 6.07) is 0. The second-order valence-corrected chi connectivity index (χ2v) is 3.55. The number of rotatable bonds is 8. The summed E-state index contributed by atoms with van der Waals surface area (Å²) >= 11 is 0. The molecule has 0 amide bonds. The molecule has 0 aromatic carbocycles. The van der Waals surface area contributed by atoms with Gasteiger partial charge >= 0.3 is 0 Å². The molecule has 0 fully saturated rings. The van der Waals surface area contributed by atoms with Crippen LogP contribution in [0.2, 0.25) is 0 Å². The maximum atomic E-state index is 5.53. The van der Waals surface area contributed by atoms with Crippen molar-refractivity contribution in [2.24, 2.45) is 11.5 Å². The molecule has 0 heterocycles. The summed E-state index contributed by atoms with van der Waals surface area (Å²) in [7, 11) is 0. The molecule has 4 heteroatoms. The van der Waals surface area contributed by atoms with E-state index in [9.17, 15) is 0 Å². The second-order valence-electron chi connectivity index (χ2n) is 3.55. The SMILES string of the molecule is CC(N)NCCCCCNC(C)N. The second kappa shape index (κ2) is 8.44. The van der Waals surface area contributed by atoms with E-state index in [0.29, 0.717) is 0 Å². The standard InChI is InChI=1S/C9H24N4/c1-8(10)12-6-4-3-5-7-13-9(2)11/h8-9,12-13H,3-7,10-11H2,1-2H3. The Morgan fingerprint density at radius 3 is 1.54 bits per heavy atom. The lowest BCUT2D eigenvalue weighted by molar-refractivity contribution is 0.506. The van der Waals surface area contributed by atoms with Crippen molar-refractivity contribution in [2.75, 3.05) is 13.1 Å². The summed E-state index contributed by atoms with van der Waals surface area (Å²) < 4.78 is 0. The Balaban J connectivity index is 2.92. The van der Waals surface area contributed by atoms with Crippen LogP contribution in [0.5, 0.6) is 0 Å². The van der Waals surface area contributed by atoms with Crippen LogP contribution >= 0.6 is 0 Å². The van der Waals surface area contributed by atoms with Crippen LogP contribution in [0.3, 0.4) is 0 Å². The van der Waals surface area contributed by atoms with Crippen molar-refractivity contribution >= 4 is 0 Å². The van der Waals surface area contributed by atoms with Crippen molar-refractivity contribution in [1.82, 2.24) is 10.6 Å². The molecule has 13 heavy (non-hydrogen) atoms. The first-order valence-electron chi connectivity index (χ1n) is 5.11. The fourth-order valence-corrected chi connectivity index (χ4v) is 1.09. The fraction of sp³-hybridized carbons (Fsp3) is 1.00. The molecule has 2 atom stereocenters. The van der Waals surface area contributed by atoms with Crippen molar-refractivity contribution in [3.05, 3.63) is 0 Å². The number of nitrogens with one attached hydrogen (secondary N) is 2. The molecule has 0 spiro atoms. The largest absolute Gasteiger partial charge is 0.316 e. The highest BCUT2D eigenvalue weighted by molar-refractivity contribution is 4.54. The molecule has 0 rings (SSSR count). The zero-order chi connectivity index (χ0) is 10.1. The van der Waals surface area contributed by atoms with Crippen molar-refractivity contribution in [3.8, 4) is 0 Å². The van der Waals surface area contributed by atoms with Gasteiger partial charge in [0.15, 0.2) is 0 Å². The van der Waals surface area contributed by atoms with Crippen molar-refractivity contribution in [3.63, 3.8) is 0 Å². The van der Waals surface area contributed by atoms with Gasteiger partial charge < -0.3 is 22.1 Å². The summed E-state index contributed by atoms with van der Waals surface area (Å²) in [6.45, 7) is 5.93. The molecule has 0 aliphatic carbocycles. The van der Waals surface area contributed by atoms with Gasteiger partial charge in [-0.3, -0.25) is 0 Å². The van der Waals surface area contributed by atoms with E-state index in [4.69, 9.17) is 11.5 Å². The molecule has 80 valence electrons. The smallest absolute Gasteiger partial charge is 0.0517 e. The lowest BCUT2D eigenvalue weighted by Gasteiger charge is -2.09. The number of hydrogen-bond acceptors (Lipinski definition) is 4. The Hall–Kier alpha value is -0.160. The summed E-state index contributed by atoms with van der Waals surface area (Å²) in [5.74, 6) is 0. The number of hydrogen-bond donors (Lipinski definition) is 4. The lowest BCUT2D eigenvalue weighted by Crippen LogP contribution is -2.35. The average Bonchev–Trinajstić information content (AvgIpc) is 2.01. The highest BCUT2D eigenvalue weighted by Gasteiger charge is 1.93. The first kappa shape index (κ1) is 12.8. The molecular formula is C9H24N4. The van der Waals surface area contributed by atoms with E-state index in [1.165, 1.54) is 19.3 Å². The summed E-state index contributed by atoms with van der Waals surface area (Å²) in [4.78, 5) is 0. The molecule has 0 aliphatic rings. The third-order valence-corrected chi connectivity index (χ3v) is 1.79. The third-order valence-electron chi connectivity index (χ3n) is 1.79. The summed E-state index contributed by atoms with van der Waals surface area (Å²) in [5, 5.41) is 6.36. The van der Waals surface area contributed by atoms with Gasteiger partial charge in [-0.1, -0.05) is 6.42 Å². The zero-order valence-corrected chi connectivity index (χ0v) is 8.84. The van der Waals surface area contributed by atoms with E-state index in [1.54, 1.807) is 0 Å². The quantitative estimate of drug-likeness (QED) is 0.318. The lowest BCUT2D eigenvalue weighted by atomic mass is 10.2. The van der Waals surface area contributed by atoms with Gasteiger partial charge in [0.1, 0.15) is 0 Å². The maximum Gasteiger partial charge on any atom is 0.0517 e. The van der Waals surface area contributed by atoms with Crippen molar-refractivity contribution in [2.45, 2.75) is 45.4 Å². The van der Waals surface area contributed by atoms with Gasteiger partial charge in [0, 0.05) is 0 Å². The van der Waals surface area contributed by atoms with Crippen molar-refractivity contribution in [1.29, 1.82) is 0 Å². The molecule has 0 aromatic rings. The molecule has 0 saturated carbocycles. The number of nitrogens with two attached hydrogens (primary N) is 2. The monoisotopic (exact) mass is 188 g/mol. The molecule has 6 N–H and O–H groups in total. The molecular weight excluding hydrogens is 164 g/mol. The molecule has 0 bridgehead atoms. The van der Waals surface area contributed by atoms with Crippen LogP contribution < -0.4 is 22.1 Å². The van der Waals surface area contributed by atoms with Gasteiger partial charge in [-0.2, -0.15) is 0 Å². The summed E-state index contributed by atoms with van der Waals surface area (Å²) in [6.07, 6.45) is 3.81. The maximum absolute atomic E-state index is 5.53. The highest BCUT2D eigenvalue weighted by Crippen LogP contribution is 1.92. The Morgan fingerprint density at radius 2 is 1.23 bits per heavy atom. The van der Waals surface area contributed by atoms with E-state index >= 15 is 0 Å². The topological polar surface area (TPSA) is 76.1 Å². The van der Waals surface area contributed by atoms with E-state index < -0.39 is 0 Å². The van der Waals surface area contributed by atoms with Crippen LogP contribution in [0.4, 0.5) is 0 Å². The van der Waals surface area contributed by atoms with Crippen LogP contribution in [0, 0.1) is 0 Å². The van der Waals surface area contributed by atoms with Gasteiger partial charge in [-0.15, -0.1) is 0 Å². The molecule has 4 nitrogen and oxygen atoms in total. The Kier molecular flexibility index (Phi) is 8.33. The Labute approximate surface area is 81.4 Å². The average molecular weight is 188 g/mol. The van der Waals surface area contributed by atoms with E-state index in [2.05, 4.69) is 10.6 Å². The van der Waals surface area contributed by atoms with Crippen LogP contribution in [-0.2, 0) is 0 Å². The molecule has 0 aromatic heterocycles. The Bertz CT molecular complexity index is 91.8. The number of unbranched alkanes of at least 4 members (excludes halogenated alkanes) is 2. The summed E-state index contributed by atoms with van der Waals surface area (Å²) in [5.41, 5.74) is 11.1. The van der Waals surface area contributed by atoms with E-state index in [0.717, 1.165) is 13.1 Å². The van der Waals surface area contributed by atoms with E-state index in [-0.39, 0.29) is 12.3 Å². The van der Waals surface area contributed by atoms with Gasteiger partial charge in [-0.05, 0) is 39.8 Å².